The lowest BCUT2D eigenvalue weighted by Crippen LogP contribution is -2.36. The van der Waals surface area contributed by atoms with Gasteiger partial charge in [-0.05, 0) is 54.1 Å². The third-order valence-corrected chi connectivity index (χ3v) is 5.31. The van der Waals surface area contributed by atoms with E-state index in [0.29, 0.717) is 21.3 Å². The van der Waals surface area contributed by atoms with Gasteiger partial charge in [-0.25, -0.2) is 0 Å². The van der Waals surface area contributed by atoms with E-state index in [9.17, 15) is 14.4 Å². The highest BCUT2D eigenvalue weighted by Gasteiger charge is 2.36. The Bertz CT molecular complexity index is 975. The van der Waals surface area contributed by atoms with Crippen LogP contribution in [0, 0.1) is 6.92 Å². The molecule has 27 heavy (non-hydrogen) atoms. The number of benzene rings is 2. The third kappa shape index (κ3) is 4.53. The average molecular weight is 421 g/mol. The molecule has 1 N–H and O–H groups in total. The van der Waals surface area contributed by atoms with Gasteiger partial charge in [0.15, 0.2) is 0 Å². The summed E-state index contributed by atoms with van der Waals surface area (Å²) in [6, 6.07) is 12.1. The number of hydrogen-bond acceptors (Lipinski definition) is 4. The maximum absolute atomic E-state index is 12.5. The fourth-order valence-corrected chi connectivity index (χ4v) is 3.73. The Morgan fingerprint density at radius 2 is 1.93 bits per heavy atom. The van der Waals surface area contributed by atoms with Gasteiger partial charge in [0, 0.05) is 15.7 Å². The molecule has 1 aliphatic rings. The van der Waals surface area contributed by atoms with E-state index in [2.05, 4.69) is 5.32 Å². The highest BCUT2D eigenvalue weighted by atomic mass is 35.5. The molecule has 8 heteroatoms. The number of para-hydroxylation sites is 1. The van der Waals surface area contributed by atoms with Gasteiger partial charge in [0.05, 0.1) is 4.91 Å². The van der Waals surface area contributed by atoms with Crippen molar-refractivity contribution >= 4 is 63.8 Å². The van der Waals surface area contributed by atoms with Crippen LogP contribution in [0.3, 0.4) is 0 Å². The minimum atomic E-state index is -0.532. The van der Waals surface area contributed by atoms with Crippen molar-refractivity contribution in [3.63, 3.8) is 0 Å². The minimum Gasteiger partial charge on any atom is -0.324 e. The summed E-state index contributed by atoms with van der Waals surface area (Å²) in [4.78, 5) is 38.1. The van der Waals surface area contributed by atoms with E-state index in [0.717, 1.165) is 22.2 Å². The number of anilines is 1. The van der Waals surface area contributed by atoms with Crippen molar-refractivity contribution in [1.29, 1.82) is 0 Å². The SMILES string of the molecule is Cc1ccccc1NC(=O)CN1C(=O)S/C(=C/c2ccc(Cl)cc2Cl)C1=O. The third-order valence-electron chi connectivity index (χ3n) is 3.84. The van der Waals surface area contributed by atoms with Crippen molar-refractivity contribution in [1.82, 2.24) is 4.90 Å². The van der Waals surface area contributed by atoms with E-state index in [1.807, 2.05) is 19.1 Å². The maximum Gasteiger partial charge on any atom is 0.294 e. The first kappa shape index (κ1) is 19.5. The first-order valence-corrected chi connectivity index (χ1v) is 9.48. The number of hydrogen-bond donors (Lipinski definition) is 1. The van der Waals surface area contributed by atoms with Crippen molar-refractivity contribution in [2.45, 2.75) is 6.92 Å². The molecule has 5 nitrogen and oxygen atoms in total. The van der Waals surface area contributed by atoms with Crippen LogP contribution in [-0.2, 0) is 9.59 Å². The van der Waals surface area contributed by atoms with E-state index in [1.165, 1.54) is 6.08 Å². The largest absolute Gasteiger partial charge is 0.324 e. The summed E-state index contributed by atoms with van der Waals surface area (Å²) in [7, 11) is 0. The van der Waals surface area contributed by atoms with Gasteiger partial charge >= 0.3 is 0 Å². The van der Waals surface area contributed by atoms with Gasteiger partial charge in [0.25, 0.3) is 11.1 Å². The van der Waals surface area contributed by atoms with E-state index >= 15 is 0 Å². The number of carbonyl (C=O) groups excluding carboxylic acids is 3. The quantitative estimate of drug-likeness (QED) is 0.708. The molecule has 0 aromatic heterocycles. The number of carbonyl (C=O) groups is 3. The van der Waals surface area contributed by atoms with Crippen molar-refractivity contribution < 1.29 is 14.4 Å². The number of nitrogens with zero attached hydrogens (tertiary/aromatic N) is 1. The first-order valence-electron chi connectivity index (χ1n) is 7.91. The topological polar surface area (TPSA) is 66.5 Å². The summed E-state index contributed by atoms with van der Waals surface area (Å²) >= 11 is 12.7. The summed E-state index contributed by atoms with van der Waals surface area (Å²) in [5.74, 6) is -0.978. The molecule has 1 fully saturated rings. The number of imide groups is 1. The lowest BCUT2D eigenvalue weighted by molar-refractivity contribution is -0.127. The lowest BCUT2D eigenvalue weighted by atomic mass is 10.2. The fourth-order valence-electron chi connectivity index (χ4n) is 2.44. The molecule has 0 unspecified atom stereocenters. The van der Waals surface area contributed by atoms with Crippen LogP contribution in [0.25, 0.3) is 6.08 Å². The molecule has 1 heterocycles. The zero-order chi connectivity index (χ0) is 19.6. The lowest BCUT2D eigenvalue weighted by Gasteiger charge is -2.13. The van der Waals surface area contributed by atoms with Crippen LogP contribution in [0.2, 0.25) is 10.0 Å². The molecule has 0 saturated carbocycles. The van der Waals surface area contributed by atoms with Gasteiger partial charge in [-0.2, -0.15) is 0 Å². The molecule has 0 radical (unpaired) electrons. The van der Waals surface area contributed by atoms with Crippen molar-refractivity contribution in [3.8, 4) is 0 Å². The summed E-state index contributed by atoms with van der Waals surface area (Å²) in [6.45, 7) is 1.50. The highest BCUT2D eigenvalue weighted by molar-refractivity contribution is 8.18. The number of thioether (sulfide) groups is 1. The Balaban J connectivity index is 1.73. The molecule has 2 aromatic carbocycles. The predicted molar refractivity (Wildman–Crippen MR) is 109 cm³/mol. The van der Waals surface area contributed by atoms with E-state index in [4.69, 9.17) is 23.2 Å². The second kappa shape index (κ2) is 8.17. The second-order valence-electron chi connectivity index (χ2n) is 5.80. The molecule has 0 bridgehead atoms. The van der Waals surface area contributed by atoms with Gasteiger partial charge in [0.1, 0.15) is 6.54 Å². The summed E-state index contributed by atoms with van der Waals surface area (Å²) in [6.07, 6.45) is 1.52. The molecule has 0 spiro atoms. The molecule has 1 saturated heterocycles. The Hall–Kier alpha value is -2.28. The zero-order valence-corrected chi connectivity index (χ0v) is 16.5. The van der Waals surface area contributed by atoms with Crippen molar-refractivity contribution in [3.05, 3.63) is 68.5 Å². The van der Waals surface area contributed by atoms with E-state index < -0.39 is 17.1 Å². The van der Waals surface area contributed by atoms with Crippen molar-refractivity contribution in [2.75, 3.05) is 11.9 Å². The summed E-state index contributed by atoms with van der Waals surface area (Å²) < 4.78 is 0. The van der Waals surface area contributed by atoms with Crippen LogP contribution in [0.15, 0.2) is 47.4 Å². The number of nitrogens with one attached hydrogen (secondary N) is 1. The van der Waals surface area contributed by atoms with Crippen LogP contribution in [0.5, 0.6) is 0 Å². The maximum atomic E-state index is 12.5. The van der Waals surface area contributed by atoms with Gasteiger partial charge in [0.2, 0.25) is 5.91 Å². The molecule has 2 aromatic rings. The molecule has 0 atom stereocenters. The van der Waals surface area contributed by atoms with E-state index in [-0.39, 0.29) is 11.4 Å². The van der Waals surface area contributed by atoms with Crippen molar-refractivity contribution in [2.24, 2.45) is 0 Å². The molecule has 3 amide bonds. The Kier molecular flexibility index (Phi) is 5.89. The Labute approximate surface area is 170 Å². The minimum absolute atomic E-state index is 0.202. The standard InChI is InChI=1S/C19H14Cl2N2O3S/c1-11-4-2-3-5-15(11)22-17(24)10-23-18(25)16(27-19(23)26)8-12-6-7-13(20)9-14(12)21/h2-9H,10H2,1H3,(H,22,24)/b16-8+. The predicted octanol–water partition coefficient (Wildman–Crippen LogP) is 4.98. The van der Waals surface area contributed by atoms with Gasteiger partial charge in [-0.15, -0.1) is 0 Å². The number of amides is 3. The van der Waals surface area contributed by atoms with Crippen LogP contribution in [-0.4, -0.2) is 28.5 Å². The summed E-state index contributed by atoms with van der Waals surface area (Å²) in [5.41, 5.74) is 2.09. The number of rotatable bonds is 4. The second-order valence-corrected chi connectivity index (χ2v) is 7.63. The Morgan fingerprint density at radius 3 is 2.63 bits per heavy atom. The molecule has 3 rings (SSSR count). The van der Waals surface area contributed by atoms with Crippen LogP contribution >= 0.6 is 35.0 Å². The molecule has 138 valence electrons. The van der Waals surface area contributed by atoms with Crippen LogP contribution in [0.4, 0.5) is 10.5 Å². The highest BCUT2D eigenvalue weighted by Crippen LogP contribution is 2.34. The van der Waals surface area contributed by atoms with Crippen LogP contribution in [0.1, 0.15) is 11.1 Å². The van der Waals surface area contributed by atoms with Gasteiger partial charge in [-0.1, -0.05) is 47.5 Å². The molecule has 0 aliphatic carbocycles. The molecular weight excluding hydrogens is 407 g/mol. The fraction of sp³-hybridized carbons (Fsp3) is 0.105. The molecule has 1 aliphatic heterocycles. The van der Waals surface area contributed by atoms with E-state index in [1.54, 1.807) is 30.3 Å². The molecular formula is C19H14Cl2N2O3S. The zero-order valence-electron chi connectivity index (χ0n) is 14.2. The summed E-state index contributed by atoms with van der Waals surface area (Å²) in [5, 5.41) is 3.04. The van der Waals surface area contributed by atoms with Gasteiger partial charge in [-0.3, -0.25) is 19.3 Å². The van der Waals surface area contributed by atoms with Crippen LogP contribution < -0.4 is 5.32 Å². The average Bonchev–Trinajstić information content (AvgIpc) is 2.87. The number of halogens is 2. The monoisotopic (exact) mass is 420 g/mol. The normalized spacial score (nSPS) is 15.5. The number of aryl methyl sites for hydroxylation is 1. The van der Waals surface area contributed by atoms with Gasteiger partial charge < -0.3 is 5.32 Å². The smallest absolute Gasteiger partial charge is 0.294 e. The first-order chi connectivity index (χ1) is 12.8. The Morgan fingerprint density at radius 1 is 1.19 bits per heavy atom.